The molecule has 0 aromatic carbocycles. The van der Waals surface area contributed by atoms with Gasteiger partial charge in [0.2, 0.25) is 35.3 Å². The molecule has 394 valence electrons. The Morgan fingerprint density at radius 1 is 0.686 bits per heavy atom. The van der Waals surface area contributed by atoms with E-state index in [0.717, 1.165) is 11.8 Å². The molecule has 0 aromatic rings. The third-order valence-electron chi connectivity index (χ3n) is 10.1. The topological polar surface area (TPSA) is 311 Å². The number of ether oxygens (including phenoxy) is 3. The van der Waals surface area contributed by atoms with Crippen LogP contribution in [-0.2, 0) is 67.0 Å². The van der Waals surface area contributed by atoms with E-state index in [9.17, 15) is 57.5 Å². The van der Waals surface area contributed by atoms with Crippen LogP contribution in [0.15, 0.2) is 12.7 Å². The number of nitrogens with zero attached hydrogens (tertiary/aromatic N) is 2. The Bertz CT molecular complexity index is 1940. The summed E-state index contributed by atoms with van der Waals surface area (Å²) in [4.78, 5) is 162. The summed E-state index contributed by atoms with van der Waals surface area (Å²) in [6.07, 6.45) is 0.447. The SMILES string of the molecule is C=CCNC(=O)C(=O)C(CCC)NC(=O)C1CN(CC(=O)OCC)C(=O)N1C(=O)[C@@H](NC(=O)[C@@H](NC(=O)[C@H](CCC(=O)OC(C)(C)C)NC(=O)[C@H](CCC(=O)OC(C)(C)C)NC(C)=O)C(C)C)C(C)C. The van der Waals surface area contributed by atoms with Crippen LogP contribution in [0.1, 0.15) is 129 Å². The summed E-state index contributed by atoms with van der Waals surface area (Å²) in [6.45, 7) is 22.7. The molecule has 0 saturated carbocycles. The summed E-state index contributed by atoms with van der Waals surface area (Å²) < 4.78 is 15.7. The summed E-state index contributed by atoms with van der Waals surface area (Å²) in [5, 5.41) is 15.0. The van der Waals surface area contributed by atoms with Crippen molar-refractivity contribution in [3.63, 3.8) is 0 Å². The van der Waals surface area contributed by atoms with Crippen LogP contribution in [0, 0.1) is 11.8 Å². The van der Waals surface area contributed by atoms with Crippen LogP contribution in [0.2, 0.25) is 0 Å². The Labute approximate surface area is 410 Å². The van der Waals surface area contributed by atoms with Gasteiger partial charge < -0.3 is 51.0 Å². The fourth-order valence-electron chi connectivity index (χ4n) is 6.89. The molecule has 1 fully saturated rings. The molecular formula is C47H76N8O15. The molecule has 0 aliphatic carbocycles. The second-order valence-electron chi connectivity index (χ2n) is 19.4. The van der Waals surface area contributed by atoms with E-state index >= 15 is 0 Å². The van der Waals surface area contributed by atoms with Crippen molar-refractivity contribution < 1.29 is 71.7 Å². The summed E-state index contributed by atoms with van der Waals surface area (Å²) in [5.41, 5.74) is -1.73. The Morgan fingerprint density at radius 3 is 1.64 bits per heavy atom. The number of Topliss-reactive ketones (excluding diaryl/α,β-unsaturated/α-hetero) is 1. The number of carbonyl (C=O) groups is 12. The minimum atomic E-state index is -1.67. The van der Waals surface area contributed by atoms with Gasteiger partial charge in [-0.2, -0.15) is 0 Å². The van der Waals surface area contributed by atoms with Crippen molar-refractivity contribution in [3.05, 3.63) is 12.7 Å². The van der Waals surface area contributed by atoms with Crippen molar-refractivity contribution in [3.8, 4) is 0 Å². The molecule has 0 aromatic heterocycles. The molecule has 0 spiro atoms. The quantitative estimate of drug-likeness (QED) is 0.0288. The van der Waals surface area contributed by atoms with Crippen molar-refractivity contribution in [1.29, 1.82) is 0 Å². The largest absolute Gasteiger partial charge is 0.465 e. The van der Waals surface area contributed by atoms with Gasteiger partial charge in [-0.05, 0) is 79.6 Å². The molecule has 1 aliphatic heterocycles. The zero-order valence-corrected chi connectivity index (χ0v) is 43.0. The second kappa shape index (κ2) is 28.3. The number of hydrogen-bond donors (Lipinski definition) is 6. The van der Waals surface area contributed by atoms with Crippen molar-refractivity contribution in [1.82, 2.24) is 41.7 Å². The Hall–Kier alpha value is -6.42. The number of urea groups is 1. The third kappa shape index (κ3) is 21.1. The number of ketones is 1. The van der Waals surface area contributed by atoms with Gasteiger partial charge in [0.15, 0.2) is 0 Å². The van der Waals surface area contributed by atoms with Gasteiger partial charge in [-0.25, -0.2) is 9.69 Å². The van der Waals surface area contributed by atoms with Gasteiger partial charge in [-0.3, -0.25) is 52.7 Å². The summed E-state index contributed by atoms with van der Waals surface area (Å²) in [5.74, 6) is -11.2. The Morgan fingerprint density at radius 2 is 1.19 bits per heavy atom. The predicted octanol–water partition coefficient (Wildman–Crippen LogP) is 0.853. The lowest BCUT2D eigenvalue weighted by atomic mass is 9.98. The number of esters is 3. The standard InChI is InChI=1S/C47H76N8O15/c1-15-18-29(38(60)43(65)48-23-16-2)50-41(63)32-24-54(25-35(59)68-17-3)45(67)55(32)44(66)37(27(6)7)53-42(64)36(26(4)5)52-40(62)31(20-22-34(58)70-47(12,13)14)51-39(61)30(49-28(8)56)19-21-33(57)69-46(9,10)11/h16,26-27,29-32,36-37H,2,15,17-25H2,1,3-14H3,(H,48,65)(H,49,56)(H,50,63)(H,51,61)(H,52,62)(H,53,64)/t29?,30-,31-,32?,36-,37-/m0/s1. The molecule has 0 radical (unpaired) electrons. The van der Waals surface area contributed by atoms with Gasteiger partial charge in [0.05, 0.1) is 19.2 Å². The van der Waals surface area contributed by atoms with Gasteiger partial charge in [-0.15, -0.1) is 6.58 Å². The molecule has 0 bridgehead atoms. The lowest BCUT2D eigenvalue weighted by molar-refractivity contribution is -0.156. The fraction of sp³-hybridized carbons (Fsp3) is 0.702. The maximum Gasteiger partial charge on any atom is 0.328 e. The molecule has 6 N–H and O–H groups in total. The highest BCUT2D eigenvalue weighted by molar-refractivity contribution is 6.38. The maximum absolute atomic E-state index is 14.6. The molecule has 1 rings (SSSR count). The average molecular weight is 993 g/mol. The molecule has 1 aliphatic rings. The predicted molar refractivity (Wildman–Crippen MR) is 253 cm³/mol. The van der Waals surface area contributed by atoms with Crippen LogP contribution in [0.3, 0.4) is 0 Å². The number of imide groups is 1. The van der Waals surface area contributed by atoms with Crippen LogP contribution in [0.4, 0.5) is 4.79 Å². The first-order chi connectivity index (χ1) is 32.4. The van der Waals surface area contributed by atoms with E-state index in [1.165, 1.54) is 26.8 Å². The highest BCUT2D eigenvalue weighted by atomic mass is 16.6. The van der Waals surface area contributed by atoms with Gasteiger partial charge in [-0.1, -0.05) is 47.1 Å². The highest BCUT2D eigenvalue weighted by Crippen LogP contribution is 2.22. The fourth-order valence-corrected chi connectivity index (χ4v) is 6.89. The number of carbonyl (C=O) groups excluding carboxylic acids is 12. The summed E-state index contributed by atoms with van der Waals surface area (Å²) in [7, 11) is 0. The summed E-state index contributed by atoms with van der Waals surface area (Å²) in [6, 6.07) is -10.00. The van der Waals surface area contributed by atoms with E-state index in [-0.39, 0.29) is 45.3 Å². The Balaban J connectivity index is 3.62. The molecule has 1 heterocycles. The smallest absolute Gasteiger partial charge is 0.328 e. The van der Waals surface area contributed by atoms with Gasteiger partial charge >= 0.3 is 23.9 Å². The number of rotatable bonds is 27. The van der Waals surface area contributed by atoms with E-state index < -0.39 is 143 Å². The normalized spacial score (nSPS) is 15.9. The zero-order valence-electron chi connectivity index (χ0n) is 43.0. The Kier molecular flexibility index (Phi) is 24.9. The second-order valence-corrected chi connectivity index (χ2v) is 19.4. The van der Waals surface area contributed by atoms with Gasteiger partial charge in [0.1, 0.15) is 48.0 Å². The van der Waals surface area contributed by atoms with Crippen molar-refractivity contribution >= 4 is 71.1 Å². The maximum atomic E-state index is 14.6. The van der Waals surface area contributed by atoms with Crippen molar-refractivity contribution in [2.24, 2.45) is 11.8 Å². The first kappa shape index (κ1) is 61.6. The highest BCUT2D eigenvalue weighted by Gasteiger charge is 2.49. The monoisotopic (exact) mass is 993 g/mol. The minimum Gasteiger partial charge on any atom is -0.465 e. The van der Waals surface area contributed by atoms with E-state index in [2.05, 4.69) is 38.5 Å². The van der Waals surface area contributed by atoms with Crippen LogP contribution < -0.4 is 31.9 Å². The van der Waals surface area contributed by atoms with E-state index in [1.807, 2.05) is 0 Å². The van der Waals surface area contributed by atoms with Crippen LogP contribution in [0.25, 0.3) is 0 Å². The molecular weight excluding hydrogens is 917 g/mol. The summed E-state index contributed by atoms with van der Waals surface area (Å²) >= 11 is 0. The zero-order chi connectivity index (χ0) is 53.8. The first-order valence-corrected chi connectivity index (χ1v) is 23.5. The molecule has 2 unspecified atom stereocenters. The number of hydrogen-bond acceptors (Lipinski definition) is 15. The molecule has 9 amide bonds. The number of amides is 9. The van der Waals surface area contributed by atoms with Crippen LogP contribution in [-0.4, -0.2) is 155 Å². The van der Waals surface area contributed by atoms with Gasteiger partial charge in [0.25, 0.3) is 11.8 Å². The molecule has 23 nitrogen and oxygen atoms in total. The third-order valence-corrected chi connectivity index (χ3v) is 10.1. The number of nitrogens with one attached hydrogen (secondary N) is 6. The lowest BCUT2D eigenvalue weighted by Gasteiger charge is -2.31. The average Bonchev–Trinajstić information content (AvgIpc) is 3.56. The van der Waals surface area contributed by atoms with Crippen molar-refractivity contribution in [2.45, 2.75) is 176 Å². The van der Waals surface area contributed by atoms with Gasteiger partial charge in [0, 0.05) is 26.3 Å². The van der Waals surface area contributed by atoms with E-state index in [1.54, 1.807) is 62.3 Å². The van der Waals surface area contributed by atoms with Crippen molar-refractivity contribution in [2.75, 3.05) is 26.2 Å². The molecule has 70 heavy (non-hydrogen) atoms. The lowest BCUT2D eigenvalue weighted by Crippen LogP contribution is -2.62. The minimum absolute atomic E-state index is 0.00967. The first-order valence-electron chi connectivity index (χ1n) is 23.5. The van der Waals surface area contributed by atoms with Crippen LogP contribution >= 0.6 is 0 Å². The van der Waals surface area contributed by atoms with Crippen LogP contribution in [0.5, 0.6) is 0 Å². The molecule has 23 heteroatoms. The van der Waals surface area contributed by atoms with E-state index in [4.69, 9.17) is 14.2 Å². The molecule has 6 atom stereocenters. The molecule has 1 saturated heterocycles. The van der Waals surface area contributed by atoms with E-state index in [0.29, 0.717) is 11.3 Å².